The molecule has 200 valence electrons. The number of rotatable bonds is 10. The number of halogens is 1. The highest BCUT2D eigenvalue weighted by Gasteiger charge is 2.20. The third kappa shape index (κ3) is 7.53. The number of esters is 1. The summed E-state index contributed by atoms with van der Waals surface area (Å²) in [6.45, 7) is 3.66. The minimum Gasteiger partial charge on any atom is -0.497 e. The highest BCUT2D eigenvalue weighted by atomic mass is 35.5. The summed E-state index contributed by atoms with van der Waals surface area (Å²) in [5, 5.41) is 3.05. The second-order valence-electron chi connectivity index (χ2n) is 8.32. The second-order valence-corrected chi connectivity index (χ2v) is 10.4. The first-order valence-electron chi connectivity index (χ1n) is 11.4. The van der Waals surface area contributed by atoms with Gasteiger partial charge in [-0.15, -0.1) is 0 Å². The fourth-order valence-electron chi connectivity index (χ4n) is 3.22. The van der Waals surface area contributed by atoms with Crippen LogP contribution in [0.4, 0.5) is 0 Å². The lowest BCUT2D eigenvalue weighted by atomic mass is 10.1. The molecule has 2 amide bonds. The Labute approximate surface area is 225 Å². The van der Waals surface area contributed by atoms with E-state index in [9.17, 15) is 22.8 Å². The van der Waals surface area contributed by atoms with Crippen molar-refractivity contribution >= 4 is 39.4 Å². The summed E-state index contributed by atoms with van der Waals surface area (Å²) in [4.78, 5) is 40.5. The van der Waals surface area contributed by atoms with Crippen molar-refractivity contribution in [2.45, 2.75) is 31.3 Å². The van der Waals surface area contributed by atoms with E-state index in [1.165, 1.54) is 37.4 Å². The van der Waals surface area contributed by atoms with Crippen LogP contribution < -0.4 is 14.8 Å². The predicted molar refractivity (Wildman–Crippen MR) is 140 cm³/mol. The minimum absolute atomic E-state index is 0.00326. The van der Waals surface area contributed by atoms with E-state index in [1.807, 2.05) is 4.72 Å². The first-order valence-corrected chi connectivity index (χ1v) is 13.3. The first kappa shape index (κ1) is 28.6. The molecule has 3 rings (SSSR count). The van der Waals surface area contributed by atoms with E-state index < -0.39 is 21.9 Å². The SMILES string of the molecule is COc1ccc(Cl)c(C(=O)NCCc2ccc(S(=O)(=O)NC(=O)c3ccc(C(=O)OC(C)C)nc3)cc2)c1. The van der Waals surface area contributed by atoms with Crippen LogP contribution in [0.2, 0.25) is 5.02 Å². The summed E-state index contributed by atoms with van der Waals surface area (Å²) in [6.07, 6.45) is 1.19. The second kappa shape index (κ2) is 12.5. The van der Waals surface area contributed by atoms with Crippen LogP contribution >= 0.6 is 11.6 Å². The van der Waals surface area contributed by atoms with Gasteiger partial charge in [0, 0.05) is 12.7 Å². The van der Waals surface area contributed by atoms with Crippen molar-refractivity contribution < 1.29 is 32.3 Å². The minimum atomic E-state index is -4.16. The number of sulfonamides is 1. The maximum atomic E-state index is 12.7. The third-order valence-electron chi connectivity index (χ3n) is 5.16. The monoisotopic (exact) mass is 559 g/mol. The molecule has 3 aromatic rings. The van der Waals surface area contributed by atoms with Gasteiger partial charge in [-0.2, -0.15) is 0 Å². The number of hydrogen-bond donors (Lipinski definition) is 2. The Hall–Kier alpha value is -3.96. The molecule has 0 aliphatic carbocycles. The smallest absolute Gasteiger partial charge is 0.357 e. The number of nitrogens with zero attached hydrogens (tertiary/aromatic N) is 1. The Balaban J connectivity index is 1.57. The van der Waals surface area contributed by atoms with Gasteiger partial charge in [-0.05, 0) is 68.3 Å². The van der Waals surface area contributed by atoms with Crippen LogP contribution in [0.5, 0.6) is 5.75 Å². The summed E-state index contributed by atoms with van der Waals surface area (Å²) >= 11 is 6.09. The summed E-state index contributed by atoms with van der Waals surface area (Å²) < 4.78 is 37.4. The van der Waals surface area contributed by atoms with Crippen molar-refractivity contribution in [2.75, 3.05) is 13.7 Å². The lowest BCUT2D eigenvalue weighted by Crippen LogP contribution is -2.30. The molecular formula is C26H26ClN3O7S. The number of hydrogen-bond acceptors (Lipinski definition) is 8. The Morgan fingerprint density at radius 1 is 1.00 bits per heavy atom. The third-order valence-corrected chi connectivity index (χ3v) is 6.83. The van der Waals surface area contributed by atoms with Crippen LogP contribution in [0, 0.1) is 0 Å². The number of carbonyl (C=O) groups excluding carboxylic acids is 3. The molecule has 0 fully saturated rings. The molecule has 12 heteroatoms. The van der Waals surface area contributed by atoms with Crippen LogP contribution in [-0.2, 0) is 21.2 Å². The van der Waals surface area contributed by atoms with Gasteiger partial charge >= 0.3 is 5.97 Å². The van der Waals surface area contributed by atoms with Gasteiger partial charge in [-0.25, -0.2) is 22.9 Å². The van der Waals surface area contributed by atoms with Crippen LogP contribution in [0.25, 0.3) is 0 Å². The van der Waals surface area contributed by atoms with Crippen molar-refractivity contribution in [1.82, 2.24) is 15.0 Å². The van der Waals surface area contributed by atoms with Gasteiger partial charge in [-0.3, -0.25) is 9.59 Å². The van der Waals surface area contributed by atoms with Crippen LogP contribution in [0.3, 0.4) is 0 Å². The van der Waals surface area contributed by atoms with Crippen molar-refractivity contribution in [3.05, 3.63) is 88.2 Å². The first-order chi connectivity index (χ1) is 18.0. The van der Waals surface area contributed by atoms with Crippen molar-refractivity contribution in [1.29, 1.82) is 0 Å². The number of methoxy groups -OCH3 is 1. The molecule has 0 spiro atoms. The molecule has 1 heterocycles. The fraction of sp³-hybridized carbons (Fsp3) is 0.231. The number of amides is 2. The van der Waals surface area contributed by atoms with Crippen LogP contribution in [0.15, 0.2) is 65.7 Å². The van der Waals surface area contributed by atoms with Gasteiger partial charge in [0.1, 0.15) is 11.4 Å². The summed E-state index contributed by atoms with van der Waals surface area (Å²) in [6, 6.07) is 13.2. The Morgan fingerprint density at radius 3 is 2.32 bits per heavy atom. The van der Waals surface area contributed by atoms with E-state index in [4.69, 9.17) is 21.1 Å². The Bertz CT molecular complexity index is 1420. The van der Waals surface area contributed by atoms with Gasteiger partial charge in [0.15, 0.2) is 0 Å². The molecule has 0 saturated carbocycles. The van der Waals surface area contributed by atoms with E-state index in [1.54, 1.807) is 38.1 Å². The van der Waals surface area contributed by atoms with Gasteiger partial charge < -0.3 is 14.8 Å². The molecule has 0 aliphatic rings. The predicted octanol–water partition coefficient (Wildman–Crippen LogP) is 3.40. The molecule has 0 atom stereocenters. The van der Waals surface area contributed by atoms with Crippen LogP contribution in [0.1, 0.15) is 50.6 Å². The van der Waals surface area contributed by atoms with E-state index in [-0.39, 0.29) is 40.3 Å². The highest BCUT2D eigenvalue weighted by Crippen LogP contribution is 2.22. The van der Waals surface area contributed by atoms with Gasteiger partial charge in [0.2, 0.25) is 0 Å². The largest absolute Gasteiger partial charge is 0.497 e. The van der Waals surface area contributed by atoms with Gasteiger partial charge in [-0.1, -0.05) is 23.7 Å². The van der Waals surface area contributed by atoms with Crippen molar-refractivity contribution in [3.8, 4) is 5.75 Å². The summed E-state index contributed by atoms with van der Waals surface area (Å²) in [5.41, 5.74) is 0.999. The molecule has 0 unspecified atom stereocenters. The molecular weight excluding hydrogens is 534 g/mol. The molecule has 0 radical (unpaired) electrons. The lowest BCUT2D eigenvalue weighted by molar-refractivity contribution is 0.0370. The van der Waals surface area contributed by atoms with Crippen LogP contribution in [-0.4, -0.2) is 50.9 Å². The summed E-state index contributed by atoms with van der Waals surface area (Å²) in [5.74, 6) is -1.41. The lowest BCUT2D eigenvalue weighted by Gasteiger charge is -2.10. The maximum absolute atomic E-state index is 12.7. The summed E-state index contributed by atoms with van der Waals surface area (Å²) in [7, 11) is -2.67. The zero-order chi connectivity index (χ0) is 27.9. The zero-order valence-electron chi connectivity index (χ0n) is 20.9. The molecule has 0 saturated heterocycles. The zero-order valence-corrected chi connectivity index (χ0v) is 22.4. The Kier molecular flexibility index (Phi) is 9.43. The molecule has 0 aliphatic heterocycles. The highest BCUT2D eigenvalue weighted by molar-refractivity contribution is 7.90. The molecule has 38 heavy (non-hydrogen) atoms. The molecule has 2 aromatic carbocycles. The number of carbonyl (C=O) groups is 3. The number of benzene rings is 2. The quantitative estimate of drug-likeness (QED) is 0.360. The molecule has 0 bridgehead atoms. The standard InChI is InChI=1S/C26H26ClN3O7S/c1-16(2)37-26(33)23-11-6-18(15-29-23)24(31)30-38(34,35)20-8-4-17(5-9-20)12-13-28-25(32)21-14-19(36-3)7-10-22(21)27/h4-11,14-16H,12-13H2,1-3H3,(H,28,32)(H,30,31). The number of pyridine rings is 1. The number of aromatic nitrogens is 1. The molecule has 10 nitrogen and oxygen atoms in total. The average molecular weight is 560 g/mol. The fourth-order valence-corrected chi connectivity index (χ4v) is 4.40. The van der Waals surface area contributed by atoms with Gasteiger partial charge in [0.25, 0.3) is 21.8 Å². The molecule has 1 aromatic heterocycles. The number of ether oxygens (including phenoxy) is 2. The maximum Gasteiger partial charge on any atom is 0.357 e. The van der Waals surface area contributed by atoms with Crippen molar-refractivity contribution in [2.24, 2.45) is 0 Å². The average Bonchev–Trinajstić information content (AvgIpc) is 2.88. The normalized spacial score (nSPS) is 11.1. The number of nitrogens with one attached hydrogen (secondary N) is 2. The van der Waals surface area contributed by atoms with E-state index in [0.29, 0.717) is 17.2 Å². The van der Waals surface area contributed by atoms with E-state index in [0.717, 1.165) is 11.8 Å². The Morgan fingerprint density at radius 2 is 1.71 bits per heavy atom. The van der Waals surface area contributed by atoms with E-state index in [2.05, 4.69) is 10.3 Å². The van der Waals surface area contributed by atoms with E-state index >= 15 is 0 Å². The topological polar surface area (TPSA) is 141 Å². The van der Waals surface area contributed by atoms with Gasteiger partial charge in [0.05, 0.1) is 34.3 Å². The van der Waals surface area contributed by atoms with Crippen molar-refractivity contribution in [3.63, 3.8) is 0 Å². The molecule has 2 N–H and O–H groups in total.